The lowest BCUT2D eigenvalue weighted by Gasteiger charge is -2.31. The van der Waals surface area contributed by atoms with E-state index < -0.39 is 0 Å². The zero-order valence-electron chi connectivity index (χ0n) is 9.89. The van der Waals surface area contributed by atoms with E-state index in [9.17, 15) is 14.4 Å². The number of carbonyl (C=O) groups is 2. The van der Waals surface area contributed by atoms with Crippen LogP contribution in [0.1, 0.15) is 23.2 Å². The van der Waals surface area contributed by atoms with Crippen molar-refractivity contribution in [1.82, 2.24) is 9.88 Å². The van der Waals surface area contributed by atoms with Crippen LogP contribution in [-0.2, 0) is 4.79 Å². The van der Waals surface area contributed by atoms with Crippen LogP contribution in [0.4, 0.5) is 0 Å². The van der Waals surface area contributed by atoms with Crippen molar-refractivity contribution in [3.8, 4) is 0 Å². The van der Waals surface area contributed by atoms with Gasteiger partial charge in [-0.1, -0.05) is 0 Å². The van der Waals surface area contributed by atoms with Gasteiger partial charge in [0.25, 0.3) is 5.91 Å². The number of hydrogen-bond donors (Lipinski definition) is 2. The second kappa shape index (κ2) is 5.03. The summed E-state index contributed by atoms with van der Waals surface area (Å²) in [5, 5.41) is 0. The molecular formula is C12H15N3O3. The van der Waals surface area contributed by atoms with Crippen molar-refractivity contribution in [3.63, 3.8) is 0 Å². The molecule has 1 atom stereocenters. The monoisotopic (exact) mass is 249 g/mol. The molecule has 0 aromatic carbocycles. The molecule has 96 valence electrons. The summed E-state index contributed by atoms with van der Waals surface area (Å²) in [7, 11) is 0. The van der Waals surface area contributed by atoms with E-state index in [0.717, 1.165) is 12.8 Å². The molecule has 1 aliphatic heterocycles. The number of primary amides is 1. The van der Waals surface area contributed by atoms with Gasteiger partial charge in [0.1, 0.15) is 0 Å². The largest absolute Gasteiger partial charge is 0.369 e. The minimum atomic E-state index is -0.367. The fourth-order valence-corrected chi connectivity index (χ4v) is 2.12. The number of nitrogens with zero attached hydrogens (tertiary/aromatic N) is 1. The van der Waals surface area contributed by atoms with E-state index in [1.54, 1.807) is 4.90 Å². The highest BCUT2D eigenvalue weighted by Crippen LogP contribution is 2.17. The quantitative estimate of drug-likeness (QED) is 0.754. The Bertz CT molecular complexity index is 503. The highest BCUT2D eigenvalue weighted by molar-refractivity contribution is 5.94. The van der Waals surface area contributed by atoms with Gasteiger partial charge < -0.3 is 15.6 Å². The maximum atomic E-state index is 12.1. The van der Waals surface area contributed by atoms with Crippen LogP contribution in [0.5, 0.6) is 0 Å². The van der Waals surface area contributed by atoms with Crippen molar-refractivity contribution in [2.45, 2.75) is 12.8 Å². The van der Waals surface area contributed by atoms with Gasteiger partial charge >= 0.3 is 0 Å². The van der Waals surface area contributed by atoms with E-state index in [-0.39, 0.29) is 23.3 Å². The zero-order valence-corrected chi connectivity index (χ0v) is 9.89. The highest BCUT2D eigenvalue weighted by Gasteiger charge is 2.27. The molecule has 1 aliphatic rings. The molecule has 2 amide bonds. The summed E-state index contributed by atoms with van der Waals surface area (Å²) in [5.41, 5.74) is 5.43. The van der Waals surface area contributed by atoms with Crippen molar-refractivity contribution in [2.24, 2.45) is 11.7 Å². The van der Waals surface area contributed by atoms with Crippen LogP contribution in [0.2, 0.25) is 0 Å². The third-order valence-electron chi connectivity index (χ3n) is 3.14. The Kier molecular flexibility index (Phi) is 3.45. The molecule has 0 spiro atoms. The molecule has 1 aromatic heterocycles. The van der Waals surface area contributed by atoms with Crippen molar-refractivity contribution >= 4 is 11.8 Å². The van der Waals surface area contributed by atoms with Crippen LogP contribution < -0.4 is 11.3 Å². The lowest BCUT2D eigenvalue weighted by Crippen LogP contribution is -2.44. The summed E-state index contributed by atoms with van der Waals surface area (Å²) in [4.78, 5) is 38.3. The summed E-state index contributed by atoms with van der Waals surface area (Å²) in [6, 6.07) is 2.79. The van der Waals surface area contributed by atoms with Gasteiger partial charge in [-0.05, 0) is 18.9 Å². The average molecular weight is 249 g/mol. The number of carbonyl (C=O) groups excluding carboxylic acids is 2. The first kappa shape index (κ1) is 12.3. The highest BCUT2D eigenvalue weighted by atomic mass is 16.2. The molecule has 3 N–H and O–H groups in total. The maximum Gasteiger partial charge on any atom is 0.255 e. The average Bonchev–Trinajstić information content (AvgIpc) is 2.39. The molecule has 6 nitrogen and oxygen atoms in total. The van der Waals surface area contributed by atoms with Gasteiger partial charge in [-0.15, -0.1) is 0 Å². The number of rotatable bonds is 2. The summed E-state index contributed by atoms with van der Waals surface area (Å²) < 4.78 is 0. The Morgan fingerprint density at radius 1 is 1.39 bits per heavy atom. The van der Waals surface area contributed by atoms with E-state index in [0.29, 0.717) is 18.7 Å². The number of pyridine rings is 1. The first-order valence-corrected chi connectivity index (χ1v) is 5.85. The van der Waals surface area contributed by atoms with Gasteiger partial charge in [0.05, 0.1) is 11.5 Å². The van der Waals surface area contributed by atoms with Crippen molar-refractivity contribution < 1.29 is 9.59 Å². The Hall–Kier alpha value is -2.11. The van der Waals surface area contributed by atoms with Gasteiger partial charge in [-0.25, -0.2) is 0 Å². The van der Waals surface area contributed by atoms with E-state index >= 15 is 0 Å². The molecule has 0 saturated carbocycles. The second-order valence-electron chi connectivity index (χ2n) is 4.43. The molecule has 0 aliphatic carbocycles. The molecule has 1 fully saturated rings. The van der Waals surface area contributed by atoms with Crippen molar-refractivity contribution in [3.05, 3.63) is 34.2 Å². The number of aromatic amines is 1. The summed E-state index contributed by atoms with van der Waals surface area (Å²) in [5.74, 6) is -0.823. The molecule has 18 heavy (non-hydrogen) atoms. The van der Waals surface area contributed by atoms with Crippen LogP contribution >= 0.6 is 0 Å². The van der Waals surface area contributed by atoms with E-state index in [1.165, 1.54) is 18.3 Å². The van der Waals surface area contributed by atoms with E-state index in [4.69, 9.17) is 5.73 Å². The van der Waals surface area contributed by atoms with Crippen molar-refractivity contribution in [2.75, 3.05) is 13.1 Å². The van der Waals surface area contributed by atoms with Gasteiger partial charge in [-0.2, -0.15) is 0 Å². The number of hydrogen-bond acceptors (Lipinski definition) is 3. The normalized spacial score (nSPS) is 19.6. The Morgan fingerprint density at radius 3 is 2.78 bits per heavy atom. The smallest absolute Gasteiger partial charge is 0.255 e. The minimum absolute atomic E-state index is 0.183. The fourth-order valence-electron chi connectivity index (χ4n) is 2.12. The van der Waals surface area contributed by atoms with Crippen LogP contribution in [0, 0.1) is 5.92 Å². The van der Waals surface area contributed by atoms with Gasteiger partial charge in [0, 0.05) is 25.4 Å². The fraction of sp³-hybridized carbons (Fsp3) is 0.417. The first-order chi connectivity index (χ1) is 8.58. The van der Waals surface area contributed by atoms with Crippen LogP contribution in [0.3, 0.4) is 0 Å². The topological polar surface area (TPSA) is 96.3 Å². The molecule has 1 unspecified atom stereocenters. The first-order valence-electron chi connectivity index (χ1n) is 5.85. The van der Waals surface area contributed by atoms with Gasteiger partial charge in [0.2, 0.25) is 11.5 Å². The molecule has 2 rings (SSSR count). The Balaban J connectivity index is 2.11. The predicted molar refractivity (Wildman–Crippen MR) is 64.9 cm³/mol. The minimum Gasteiger partial charge on any atom is -0.369 e. The summed E-state index contributed by atoms with van der Waals surface area (Å²) >= 11 is 0. The number of nitrogens with two attached hydrogens (primary N) is 1. The van der Waals surface area contributed by atoms with E-state index in [1.807, 2.05) is 0 Å². The number of piperidine rings is 1. The number of nitrogens with one attached hydrogen (secondary N) is 1. The Morgan fingerprint density at radius 2 is 2.17 bits per heavy atom. The molecule has 0 radical (unpaired) electrons. The van der Waals surface area contributed by atoms with Gasteiger partial charge in [0.15, 0.2) is 0 Å². The number of amides is 2. The predicted octanol–water partition coefficient (Wildman–Crippen LogP) is -0.288. The maximum absolute atomic E-state index is 12.1. The number of likely N-dealkylation sites (tertiary alicyclic amines) is 1. The lowest BCUT2D eigenvalue weighted by atomic mass is 9.97. The SMILES string of the molecule is NC(=O)C1CCCN(C(=O)c2ccc(=O)[nH]c2)C1. The molecule has 6 heteroatoms. The second-order valence-corrected chi connectivity index (χ2v) is 4.43. The third-order valence-corrected chi connectivity index (χ3v) is 3.14. The summed E-state index contributed by atoms with van der Waals surface area (Å²) in [6.07, 6.45) is 2.88. The summed E-state index contributed by atoms with van der Waals surface area (Å²) in [6.45, 7) is 0.967. The van der Waals surface area contributed by atoms with Crippen molar-refractivity contribution in [1.29, 1.82) is 0 Å². The molecule has 1 saturated heterocycles. The zero-order chi connectivity index (χ0) is 13.1. The molecular weight excluding hydrogens is 234 g/mol. The van der Waals surface area contributed by atoms with Gasteiger partial charge in [-0.3, -0.25) is 14.4 Å². The molecule has 2 heterocycles. The van der Waals surface area contributed by atoms with Crippen LogP contribution in [-0.4, -0.2) is 34.8 Å². The molecule has 1 aromatic rings. The standard InChI is InChI=1S/C12H15N3O3/c13-11(17)9-2-1-5-15(7-9)12(18)8-3-4-10(16)14-6-8/h3-4,6,9H,1-2,5,7H2,(H2,13,17)(H,14,16). The number of aromatic nitrogens is 1. The van der Waals surface area contributed by atoms with E-state index in [2.05, 4.69) is 4.98 Å². The third kappa shape index (κ3) is 2.58. The van der Waals surface area contributed by atoms with Crippen LogP contribution in [0.25, 0.3) is 0 Å². The van der Waals surface area contributed by atoms with Crippen LogP contribution in [0.15, 0.2) is 23.1 Å². The Labute approximate surface area is 104 Å². The lowest BCUT2D eigenvalue weighted by molar-refractivity contribution is -0.123. The molecule has 0 bridgehead atoms. The number of H-pyrrole nitrogens is 1.